The molecule has 4 nitrogen and oxygen atoms in total. The minimum atomic E-state index is -4.94. The van der Waals surface area contributed by atoms with Crippen LogP contribution < -0.4 is 15.2 Å². The fourth-order valence-corrected chi connectivity index (χ4v) is 2.95. The van der Waals surface area contributed by atoms with Crippen LogP contribution in [0.25, 0.3) is 11.1 Å². The smallest absolute Gasteiger partial charge is 0.489 e. The SMILES string of the molecule is C[C@H](COc1ccc(-c2ccnc(C(F)F)c2)cc1OC(F)(F)F)CC(C)(C)N. The van der Waals surface area contributed by atoms with Crippen LogP contribution in [0.3, 0.4) is 0 Å². The Bertz CT molecular complexity index is 819. The third kappa shape index (κ3) is 7.49. The summed E-state index contributed by atoms with van der Waals surface area (Å²) in [5.74, 6) is -0.664. The first kappa shape index (κ1) is 22.9. The Kier molecular flexibility index (Phi) is 7.05. The summed E-state index contributed by atoms with van der Waals surface area (Å²) in [6.45, 7) is 5.70. The highest BCUT2D eigenvalue weighted by Crippen LogP contribution is 2.37. The lowest BCUT2D eigenvalue weighted by Crippen LogP contribution is -2.35. The molecule has 29 heavy (non-hydrogen) atoms. The van der Waals surface area contributed by atoms with Crippen molar-refractivity contribution in [2.75, 3.05) is 6.61 Å². The molecule has 1 aromatic carbocycles. The summed E-state index contributed by atoms with van der Waals surface area (Å²) in [6.07, 6.45) is -5.96. The molecule has 0 aliphatic heterocycles. The van der Waals surface area contributed by atoms with Crippen molar-refractivity contribution < 1.29 is 31.4 Å². The maximum absolute atomic E-state index is 12.9. The number of benzene rings is 1. The number of nitrogens with zero attached hydrogens (tertiary/aromatic N) is 1. The van der Waals surface area contributed by atoms with E-state index in [1.165, 1.54) is 24.4 Å². The normalized spacial score (nSPS) is 13.4. The van der Waals surface area contributed by atoms with Crippen molar-refractivity contribution in [2.45, 2.75) is 45.5 Å². The molecule has 1 aromatic heterocycles. The fraction of sp³-hybridized carbons (Fsp3) is 0.450. The first-order valence-electron chi connectivity index (χ1n) is 8.90. The average Bonchev–Trinajstić information content (AvgIpc) is 2.58. The summed E-state index contributed by atoms with van der Waals surface area (Å²) in [7, 11) is 0. The van der Waals surface area contributed by atoms with Crippen LogP contribution in [0.5, 0.6) is 11.5 Å². The van der Waals surface area contributed by atoms with Crippen LogP contribution in [0.2, 0.25) is 0 Å². The molecule has 1 heterocycles. The Labute approximate surface area is 165 Å². The molecule has 2 aromatic rings. The van der Waals surface area contributed by atoms with E-state index < -0.39 is 29.8 Å². The van der Waals surface area contributed by atoms with Gasteiger partial charge in [0.25, 0.3) is 6.43 Å². The van der Waals surface area contributed by atoms with Gasteiger partial charge in [-0.3, -0.25) is 4.98 Å². The molecule has 0 amide bonds. The number of halogens is 5. The lowest BCUT2D eigenvalue weighted by molar-refractivity contribution is -0.275. The van der Waals surface area contributed by atoms with Crippen LogP contribution in [0.1, 0.15) is 39.3 Å². The Morgan fingerprint density at radius 2 is 1.69 bits per heavy atom. The summed E-state index contributed by atoms with van der Waals surface area (Å²) < 4.78 is 73.9. The second-order valence-corrected chi connectivity index (χ2v) is 7.59. The van der Waals surface area contributed by atoms with Crippen LogP contribution >= 0.6 is 0 Å². The van der Waals surface area contributed by atoms with E-state index in [-0.39, 0.29) is 29.4 Å². The van der Waals surface area contributed by atoms with Gasteiger partial charge in [0.05, 0.1) is 6.61 Å². The largest absolute Gasteiger partial charge is 0.573 e. The molecule has 0 saturated carbocycles. The molecule has 0 aliphatic rings. The zero-order valence-corrected chi connectivity index (χ0v) is 16.3. The molecule has 9 heteroatoms. The molecule has 0 spiro atoms. The highest BCUT2D eigenvalue weighted by atomic mass is 19.4. The van der Waals surface area contributed by atoms with E-state index >= 15 is 0 Å². The minimum Gasteiger partial charge on any atom is -0.489 e. The van der Waals surface area contributed by atoms with Crippen LogP contribution in [0.15, 0.2) is 36.5 Å². The molecule has 0 unspecified atom stereocenters. The van der Waals surface area contributed by atoms with Gasteiger partial charge in [0, 0.05) is 11.7 Å². The standard InChI is InChI=1S/C20H23F5N2O2/c1-12(10-19(2,3)26)11-28-16-5-4-13(9-17(16)29-20(23,24)25)14-6-7-27-15(8-14)18(21)22/h4-9,12,18H,10-11,26H2,1-3H3/t12-/m0/s1. The maximum atomic E-state index is 12.9. The molecule has 1 atom stereocenters. The lowest BCUT2D eigenvalue weighted by atomic mass is 9.93. The third-order valence-corrected chi connectivity index (χ3v) is 3.91. The van der Waals surface area contributed by atoms with Crippen molar-refractivity contribution in [1.82, 2.24) is 4.98 Å². The number of alkyl halides is 5. The van der Waals surface area contributed by atoms with E-state index in [0.29, 0.717) is 6.42 Å². The summed E-state index contributed by atoms with van der Waals surface area (Å²) in [6, 6.07) is 6.43. The van der Waals surface area contributed by atoms with E-state index in [4.69, 9.17) is 10.5 Å². The topological polar surface area (TPSA) is 57.4 Å². The predicted molar refractivity (Wildman–Crippen MR) is 98.9 cm³/mol. The number of ether oxygens (including phenoxy) is 2. The molecule has 0 fully saturated rings. The zero-order chi connectivity index (χ0) is 21.8. The van der Waals surface area contributed by atoms with Gasteiger partial charge in [-0.2, -0.15) is 0 Å². The van der Waals surface area contributed by atoms with Gasteiger partial charge in [-0.1, -0.05) is 13.0 Å². The van der Waals surface area contributed by atoms with Gasteiger partial charge in [-0.15, -0.1) is 13.2 Å². The first-order valence-corrected chi connectivity index (χ1v) is 8.90. The van der Waals surface area contributed by atoms with Crippen LogP contribution in [0, 0.1) is 5.92 Å². The summed E-state index contributed by atoms with van der Waals surface area (Å²) >= 11 is 0. The molecule has 0 aliphatic carbocycles. The Balaban J connectivity index is 2.29. The molecule has 0 saturated heterocycles. The van der Waals surface area contributed by atoms with Gasteiger partial charge in [0.1, 0.15) is 5.69 Å². The average molecular weight is 418 g/mol. The van der Waals surface area contributed by atoms with Crippen LogP contribution in [-0.2, 0) is 0 Å². The van der Waals surface area contributed by atoms with Gasteiger partial charge in [-0.05, 0) is 61.6 Å². The Morgan fingerprint density at radius 1 is 1.03 bits per heavy atom. The van der Waals surface area contributed by atoms with E-state index in [1.54, 1.807) is 0 Å². The maximum Gasteiger partial charge on any atom is 0.573 e. The quantitative estimate of drug-likeness (QED) is 0.557. The predicted octanol–water partition coefficient (Wildman–Crippen LogP) is 5.73. The van der Waals surface area contributed by atoms with E-state index in [9.17, 15) is 22.0 Å². The van der Waals surface area contributed by atoms with Crippen molar-refractivity contribution in [3.63, 3.8) is 0 Å². The van der Waals surface area contributed by atoms with Crippen molar-refractivity contribution in [2.24, 2.45) is 11.7 Å². The second kappa shape index (κ2) is 8.94. The molecule has 2 N–H and O–H groups in total. The van der Waals surface area contributed by atoms with Gasteiger partial charge >= 0.3 is 6.36 Å². The summed E-state index contributed by atoms with van der Waals surface area (Å²) in [5.41, 5.74) is 5.58. The minimum absolute atomic E-state index is 0.0118. The molecular weight excluding hydrogens is 395 g/mol. The number of rotatable bonds is 8. The number of nitrogens with two attached hydrogens (primary N) is 1. The number of aromatic nitrogens is 1. The third-order valence-electron chi connectivity index (χ3n) is 3.91. The molecule has 0 bridgehead atoms. The monoisotopic (exact) mass is 418 g/mol. The fourth-order valence-electron chi connectivity index (χ4n) is 2.95. The van der Waals surface area contributed by atoms with Crippen molar-refractivity contribution in [1.29, 1.82) is 0 Å². The summed E-state index contributed by atoms with van der Waals surface area (Å²) in [4.78, 5) is 3.55. The van der Waals surface area contributed by atoms with Crippen LogP contribution in [0.4, 0.5) is 22.0 Å². The highest BCUT2D eigenvalue weighted by Gasteiger charge is 2.33. The van der Waals surface area contributed by atoms with Gasteiger partial charge in [0.2, 0.25) is 0 Å². The second-order valence-electron chi connectivity index (χ2n) is 7.59. The molecular formula is C20H23F5N2O2. The first-order chi connectivity index (χ1) is 13.3. The van der Waals surface area contributed by atoms with E-state index in [2.05, 4.69) is 9.72 Å². The van der Waals surface area contributed by atoms with E-state index in [1.807, 2.05) is 20.8 Å². The van der Waals surface area contributed by atoms with Crippen molar-refractivity contribution in [3.05, 3.63) is 42.2 Å². The Morgan fingerprint density at radius 3 is 2.28 bits per heavy atom. The number of hydrogen-bond acceptors (Lipinski definition) is 4. The van der Waals surface area contributed by atoms with Gasteiger partial charge in [-0.25, -0.2) is 8.78 Å². The number of pyridine rings is 1. The molecule has 2 rings (SSSR count). The van der Waals surface area contributed by atoms with E-state index in [0.717, 1.165) is 12.1 Å². The highest BCUT2D eigenvalue weighted by molar-refractivity contribution is 5.67. The number of hydrogen-bond donors (Lipinski definition) is 1. The van der Waals surface area contributed by atoms with Crippen molar-refractivity contribution >= 4 is 0 Å². The van der Waals surface area contributed by atoms with Gasteiger partial charge in [0.15, 0.2) is 11.5 Å². The van der Waals surface area contributed by atoms with Crippen LogP contribution in [-0.4, -0.2) is 23.5 Å². The summed E-state index contributed by atoms with van der Waals surface area (Å²) in [5, 5.41) is 0. The molecule has 160 valence electrons. The Hall–Kier alpha value is -2.42. The lowest BCUT2D eigenvalue weighted by Gasteiger charge is -2.24. The molecule has 0 radical (unpaired) electrons. The zero-order valence-electron chi connectivity index (χ0n) is 16.3. The van der Waals surface area contributed by atoms with Crippen molar-refractivity contribution in [3.8, 4) is 22.6 Å². The van der Waals surface area contributed by atoms with Gasteiger partial charge < -0.3 is 15.2 Å².